The van der Waals surface area contributed by atoms with Crippen LogP contribution in [0, 0.1) is 0 Å². The van der Waals surface area contributed by atoms with E-state index >= 15 is 0 Å². The van der Waals surface area contributed by atoms with Crippen LogP contribution in [0.3, 0.4) is 0 Å². The molecule has 2 amide bonds. The number of nitrogens with one attached hydrogen (secondary N) is 1. The zero-order valence-corrected chi connectivity index (χ0v) is 12.8. The third-order valence-electron chi connectivity index (χ3n) is 3.41. The highest BCUT2D eigenvalue weighted by atomic mass is 16.7. The van der Waals surface area contributed by atoms with Gasteiger partial charge in [-0.25, -0.2) is 4.79 Å². The number of benzene rings is 2. The Balaban J connectivity index is 1.47. The molecule has 1 N–H and O–H groups in total. The number of hydrogen-bond acceptors (Lipinski definition) is 4. The fourth-order valence-corrected chi connectivity index (χ4v) is 2.11. The lowest BCUT2D eigenvalue weighted by molar-refractivity contribution is 0.174. The van der Waals surface area contributed by atoms with Gasteiger partial charge < -0.3 is 24.4 Å². The van der Waals surface area contributed by atoms with E-state index in [1.54, 1.807) is 30.1 Å². The van der Waals surface area contributed by atoms with E-state index in [1.165, 1.54) is 0 Å². The van der Waals surface area contributed by atoms with Crippen molar-refractivity contribution in [2.45, 2.75) is 0 Å². The first-order valence-corrected chi connectivity index (χ1v) is 7.32. The highest BCUT2D eigenvalue weighted by molar-refractivity contribution is 5.89. The standard InChI is InChI=1S/C17H18N2O4/c1-19(9-10-21-14-5-3-2-4-6-14)17(20)18-13-7-8-15-16(11-13)23-12-22-15/h2-8,11H,9-10,12H2,1H3,(H,18,20). The Morgan fingerprint density at radius 2 is 1.96 bits per heavy atom. The number of carbonyl (C=O) groups excluding carboxylic acids is 1. The number of amides is 2. The van der Waals surface area contributed by atoms with Gasteiger partial charge in [0.05, 0.1) is 6.54 Å². The van der Waals surface area contributed by atoms with Crippen LogP contribution in [0.5, 0.6) is 17.2 Å². The van der Waals surface area contributed by atoms with Crippen molar-refractivity contribution >= 4 is 11.7 Å². The predicted molar refractivity (Wildman–Crippen MR) is 86.2 cm³/mol. The quantitative estimate of drug-likeness (QED) is 0.922. The number of hydrogen-bond donors (Lipinski definition) is 1. The summed E-state index contributed by atoms with van der Waals surface area (Å²) in [7, 11) is 1.72. The topological polar surface area (TPSA) is 60.0 Å². The van der Waals surface area contributed by atoms with Crippen molar-refractivity contribution < 1.29 is 19.0 Å². The fourth-order valence-electron chi connectivity index (χ4n) is 2.11. The maximum Gasteiger partial charge on any atom is 0.321 e. The minimum absolute atomic E-state index is 0.208. The highest BCUT2D eigenvalue weighted by Crippen LogP contribution is 2.34. The Morgan fingerprint density at radius 3 is 2.78 bits per heavy atom. The summed E-state index contributed by atoms with van der Waals surface area (Å²) in [5, 5.41) is 2.82. The zero-order chi connectivity index (χ0) is 16.1. The second-order valence-electron chi connectivity index (χ2n) is 5.08. The van der Waals surface area contributed by atoms with Gasteiger partial charge in [-0.15, -0.1) is 0 Å². The second-order valence-corrected chi connectivity index (χ2v) is 5.08. The Morgan fingerprint density at radius 1 is 1.17 bits per heavy atom. The van der Waals surface area contributed by atoms with Crippen molar-refractivity contribution in [3.05, 3.63) is 48.5 Å². The number of carbonyl (C=O) groups is 1. The molecule has 2 aromatic rings. The number of anilines is 1. The maximum atomic E-state index is 12.1. The summed E-state index contributed by atoms with van der Waals surface area (Å²) in [6, 6.07) is 14.6. The fraction of sp³-hybridized carbons (Fsp3) is 0.235. The van der Waals surface area contributed by atoms with Gasteiger partial charge >= 0.3 is 6.03 Å². The third kappa shape index (κ3) is 3.85. The molecule has 0 radical (unpaired) electrons. The lowest BCUT2D eigenvalue weighted by Crippen LogP contribution is -2.34. The van der Waals surface area contributed by atoms with Crippen LogP contribution in [0.1, 0.15) is 0 Å². The van der Waals surface area contributed by atoms with E-state index in [9.17, 15) is 4.79 Å². The molecule has 0 saturated heterocycles. The number of fused-ring (bicyclic) bond motifs is 1. The summed E-state index contributed by atoms with van der Waals surface area (Å²) >= 11 is 0. The van der Waals surface area contributed by atoms with Crippen molar-refractivity contribution in [2.75, 3.05) is 32.3 Å². The first-order chi connectivity index (χ1) is 11.2. The lowest BCUT2D eigenvalue weighted by atomic mass is 10.3. The van der Waals surface area contributed by atoms with E-state index in [0.717, 1.165) is 5.75 Å². The van der Waals surface area contributed by atoms with Gasteiger partial charge in [-0.1, -0.05) is 18.2 Å². The van der Waals surface area contributed by atoms with Crippen molar-refractivity contribution in [1.29, 1.82) is 0 Å². The zero-order valence-electron chi connectivity index (χ0n) is 12.8. The molecule has 0 aliphatic carbocycles. The minimum atomic E-state index is -0.208. The third-order valence-corrected chi connectivity index (χ3v) is 3.41. The number of urea groups is 1. The van der Waals surface area contributed by atoms with Gasteiger partial charge in [0.2, 0.25) is 6.79 Å². The number of nitrogens with zero attached hydrogens (tertiary/aromatic N) is 1. The smallest absolute Gasteiger partial charge is 0.321 e. The molecule has 0 fully saturated rings. The molecule has 6 nitrogen and oxygen atoms in total. The Bertz CT molecular complexity index is 676. The molecule has 0 bridgehead atoms. The van der Waals surface area contributed by atoms with E-state index in [1.807, 2.05) is 30.3 Å². The van der Waals surface area contributed by atoms with Gasteiger partial charge in [0.1, 0.15) is 12.4 Å². The molecule has 23 heavy (non-hydrogen) atoms. The Labute approximate surface area is 134 Å². The van der Waals surface area contributed by atoms with Crippen LogP contribution in [-0.4, -0.2) is 37.9 Å². The number of para-hydroxylation sites is 1. The molecule has 120 valence electrons. The Kier molecular flexibility index (Phi) is 4.52. The van der Waals surface area contributed by atoms with E-state index in [2.05, 4.69) is 5.32 Å². The first-order valence-electron chi connectivity index (χ1n) is 7.32. The van der Waals surface area contributed by atoms with Crippen LogP contribution < -0.4 is 19.5 Å². The summed E-state index contributed by atoms with van der Waals surface area (Å²) in [6.07, 6.45) is 0. The average molecular weight is 314 g/mol. The average Bonchev–Trinajstić information content (AvgIpc) is 3.03. The summed E-state index contributed by atoms with van der Waals surface area (Å²) in [5.74, 6) is 2.11. The molecule has 6 heteroatoms. The van der Waals surface area contributed by atoms with E-state index in [-0.39, 0.29) is 12.8 Å². The molecule has 3 rings (SSSR count). The molecule has 1 heterocycles. The Hall–Kier alpha value is -2.89. The number of ether oxygens (including phenoxy) is 3. The molecule has 0 saturated carbocycles. The van der Waals surface area contributed by atoms with Gasteiger partial charge in [-0.2, -0.15) is 0 Å². The summed E-state index contributed by atoms with van der Waals surface area (Å²) in [6.45, 7) is 1.11. The molecule has 0 spiro atoms. The molecule has 1 aliphatic rings. The van der Waals surface area contributed by atoms with Crippen LogP contribution in [0.4, 0.5) is 10.5 Å². The van der Waals surface area contributed by atoms with E-state index in [0.29, 0.717) is 30.3 Å². The monoisotopic (exact) mass is 314 g/mol. The molecule has 0 atom stereocenters. The summed E-state index contributed by atoms with van der Waals surface area (Å²) < 4.78 is 16.1. The van der Waals surface area contributed by atoms with Gasteiger partial charge in [0.25, 0.3) is 0 Å². The van der Waals surface area contributed by atoms with Crippen LogP contribution >= 0.6 is 0 Å². The van der Waals surface area contributed by atoms with Crippen LogP contribution in [0.15, 0.2) is 48.5 Å². The predicted octanol–water partition coefficient (Wildman–Crippen LogP) is 2.96. The van der Waals surface area contributed by atoms with Gasteiger partial charge in [-0.05, 0) is 24.3 Å². The number of likely N-dealkylation sites (N-methyl/N-ethyl adjacent to an activating group) is 1. The summed E-state index contributed by atoms with van der Waals surface area (Å²) in [5.41, 5.74) is 0.662. The SMILES string of the molecule is CN(CCOc1ccccc1)C(=O)Nc1ccc2c(c1)OCO2. The molecular formula is C17H18N2O4. The van der Waals surface area contributed by atoms with Crippen LogP contribution in [0.2, 0.25) is 0 Å². The molecule has 1 aliphatic heterocycles. The van der Waals surface area contributed by atoms with Crippen LogP contribution in [0.25, 0.3) is 0 Å². The molecule has 2 aromatic carbocycles. The van der Waals surface area contributed by atoms with Crippen molar-refractivity contribution in [3.8, 4) is 17.2 Å². The normalized spacial score (nSPS) is 11.9. The van der Waals surface area contributed by atoms with Crippen molar-refractivity contribution in [3.63, 3.8) is 0 Å². The maximum absolute atomic E-state index is 12.1. The number of rotatable bonds is 5. The lowest BCUT2D eigenvalue weighted by Gasteiger charge is -2.18. The van der Waals surface area contributed by atoms with Gasteiger partial charge in [0.15, 0.2) is 11.5 Å². The van der Waals surface area contributed by atoms with Gasteiger partial charge in [0, 0.05) is 18.8 Å². The minimum Gasteiger partial charge on any atom is -0.492 e. The summed E-state index contributed by atoms with van der Waals surface area (Å²) in [4.78, 5) is 13.7. The second kappa shape index (κ2) is 6.91. The largest absolute Gasteiger partial charge is 0.492 e. The highest BCUT2D eigenvalue weighted by Gasteiger charge is 2.15. The van der Waals surface area contributed by atoms with Crippen LogP contribution in [-0.2, 0) is 0 Å². The van der Waals surface area contributed by atoms with Gasteiger partial charge in [-0.3, -0.25) is 0 Å². The molecule has 0 unspecified atom stereocenters. The van der Waals surface area contributed by atoms with Crippen molar-refractivity contribution in [1.82, 2.24) is 4.90 Å². The van der Waals surface area contributed by atoms with Crippen molar-refractivity contribution in [2.24, 2.45) is 0 Å². The van der Waals surface area contributed by atoms with E-state index < -0.39 is 0 Å². The first kappa shape index (κ1) is 15.0. The molecule has 0 aromatic heterocycles. The van der Waals surface area contributed by atoms with E-state index in [4.69, 9.17) is 14.2 Å². The molecular weight excluding hydrogens is 296 g/mol.